The van der Waals surface area contributed by atoms with E-state index in [1.54, 1.807) is 13.0 Å². The summed E-state index contributed by atoms with van der Waals surface area (Å²) in [5, 5.41) is 0. The summed E-state index contributed by atoms with van der Waals surface area (Å²) in [6, 6.07) is 0. The summed E-state index contributed by atoms with van der Waals surface area (Å²) in [7, 11) is 0. The number of rotatable bonds is 0. The monoisotopic (exact) mass is 278 g/mol. The van der Waals surface area contributed by atoms with E-state index in [4.69, 9.17) is 0 Å². The van der Waals surface area contributed by atoms with Gasteiger partial charge < -0.3 is 0 Å². The van der Waals surface area contributed by atoms with Crippen LogP contribution >= 0.6 is 31.9 Å². The Hall–Kier alpha value is -0.220. The first-order chi connectivity index (χ1) is 5.04. The van der Waals surface area contributed by atoms with E-state index >= 15 is 0 Å². The molecule has 0 radical (unpaired) electrons. The summed E-state index contributed by atoms with van der Waals surface area (Å²) in [6.07, 6.45) is 1.62. The molecule has 1 rings (SSSR count). The Labute approximate surface area is 80.6 Å². The summed E-state index contributed by atoms with van der Waals surface area (Å²) in [5.41, 5.74) is 0.463. The Bertz CT molecular complexity index is 296. The van der Waals surface area contributed by atoms with Crippen molar-refractivity contribution in [3.63, 3.8) is 0 Å². The van der Waals surface area contributed by atoms with Gasteiger partial charge in [0.15, 0.2) is 0 Å². The first-order valence-corrected chi connectivity index (χ1v) is 4.45. The normalized spacial score (nSPS) is 19.0. The van der Waals surface area contributed by atoms with Crippen molar-refractivity contribution in [1.82, 2.24) is 0 Å². The van der Waals surface area contributed by atoms with Crippen molar-refractivity contribution < 1.29 is 9.59 Å². The van der Waals surface area contributed by atoms with Gasteiger partial charge in [0.25, 0.3) is 0 Å². The van der Waals surface area contributed by atoms with Gasteiger partial charge in [0.2, 0.25) is 11.6 Å². The number of ketones is 2. The van der Waals surface area contributed by atoms with Crippen molar-refractivity contribution in [3.8, 4) is 0 Å². The van der Waals surface area contributed by atoms with Crippen molar-refractivity contribution in [2.45, 2.75) is 6.92 Å². The fourth-order valence-corrected chi connectivity index (χ4v) is 1.52. The molecule has 0 bridgehead atoms. The van der Waals surface area contributed by atoms with Crippen molar-refractivity contribution in [1.29, 1.82) is 0 Å². The van der Waals surface area contributed by atoms with E-state index in [2.05, 4.69) is 31.9 Å². The van der Waals surface area contributed by atoms with E-state index in [0.717, 1.165) is 0 Å². The molecule has 0 heterocycles. The molecule has 58 valence electrons. The van der Waals surface area contributed by atoms with Gasteiger partial charge >= 0.3 is 0 Å². The first-order valence-electron chi connectivity index (χ1n) is 2.86. The Kier molecular flexibility index (Phi) is 2.44. The molecule has 0 unspecified atom stereocenters. The van der Waals surface area contributed by atoms with Gasteiger partial charge in [0.1, 0.15) is 0 Å². The Morgan fingerprint density at radius 3 is 2.27 bits per heavy atom. The zero-order chi connectivity index (χ0) is 8.59. The third kappa shape index (κ3) is 1.51. The molecule has 0 N–H and O–H groups in total. The van der Waals surface area contributed by atoms with Crippen LogP contribution in [-0.2, 0) is 9.59 Å². The third-order valence-corrected chi connectivity index (χ3v) is 3.26. The highest BCUT2D eigenvalue weighted by molar-refractivity contribution is 9.14. The smallest absolute Gasteiger partial charge is 0.241 e. The predicted molar refractivity (Wildman–Crippen MR) is 48.7 cm³/mol. The molecule has 0 fully saturated rings. The van der Waals surface area contributed by atoms with Crippen LogP contribution in [0.5, 0.6) is 0 Å². The SMILES string of the molecule is CC1=CC(Br)=C(Br)C(=O)C1=O. The lowest BCUT2D eigenvalue weighted by molar-refractivity contribution is -0.131. The summed E-state index contributed by atoms with van der Waals surface area (Å²) < 4.78 is 0.924. The third-order valence-electron chi connectivity index (χ3n) is 1.32. The van der Waals surface area contributed by atoms with Gasteiger partial charge in [-0.3, -0.25) is 9.59 Å². The van der Waals surface area contributed by atoms with Crippen molar-refractivity contribution >= 4 is 43.4 Å². The number of carbonyl (C=O) groups is 2. The second-order valence-corrected chi connectivity index (χ2v) is 3.79. The number of allylic oxidation sites excluding steroid dienone is 4. The van der Waals surface area contributed by atoms with Gasteiger partial charge in [-0.25, -0.2) is 0 Å². The van der Waals surface area contributed by atoms with Crippen LogP contribution in [0.1, 0.15) is 6.92 Å². The van der Waals surface area contributed by atoms with E-state index in [1.807, 2.05) is 0 Å². The zero-order valence-corrected chi connectivity index (χ0v) is 8.82. The summed E-state index contributed by atoms with van der Waals surface area (Å²) in [4.78, 5) is 22.0. The van der Waals surface area contributed by atoms with Crippen LogP contribution in [0.3, 0.4) is 0 Å². The molecule has 0 aromatic carbocycles. The van der Waals surface area contributed by atoms with Gasteiger partial charge in [-0.15, -0.1) is 0 Å². The lowest BCUT2D eigenvalue weighted by atomic mass is 10.0. The number of hydrogen-bond donors (Lipinski definition) is 0. The summed E-state index contributed by atoms with van der Waals surface area (Å²) in [6.45, 7) is 1.61. The molecular formula is C7H4Br2O2. The lowest BCUT2D eigenvalue weighted by Gasteiger charge is -2.06. The molecule has 0 spiro atoms. The van der Waals surface area contributed by atoms with Crippen LogP contribution in [0.4, 0.5) is 0 Å². The molecule has 2 nitrogen and oxygen atoms in total. The molecule has 1 aliphatic carbocycles. The molecular weight excluding hydrogens is 276 g/mol. The molecule has 4 heteroatoms. The molecule has 0 aromatic heterocycles. The van der Waals surface area contributed by atoms with Gasteiger partial charge in [0, 0.05) is 10.1 Å². The predicted octanol–water partition coefficient (Wildman–Crippen LogP) is 2.09. The maximum Gasteiger partial charge on any atom is 0.241 e. The van der Waals surface area contributed by atoms with Crippen molar-refractivity contribution in [2.75, 3.05) is 0 Å². The molecule has 11 heavy (non-hydrogen) atoms. The van der Waals surface area contributed by atoms with Crippen LogP contribution in [0.15, 0.2) is 20.6 Å². The van der Waals surface area contributed by atoms with E-state index in [0.29, 0.717) is 14.5 Å². The molecule has 0 saturated carbocycles. The zero-order valence-electron chi connectivity index (χ0n) is 5.65. The summed E-state index contributed by atoms with van der Waals surface area (Å²) >= 11 is 6.15. The second kappa shape index (κ2) is 3.03. The van der Waals surface area contributed by atoms with Gasteiger partial charge in [0.05, 0.1) is 4.48 Å². The topological polar surface area (TPSA) is 34.1 Å². The largest absolute Gasteiger partial charge is 0.285 e. The van der Waals surface area contributed by atoms with Crippen LogP contribution in [0.25, 0.3) is 0 Å². The molecule has 0 atom stereocenters. The van der Waals surface area contributed by atoms with E-state index in [9.17, 15) is 9.59 Å². The van der Waals surface area contributed by atoms with Gasteiger partial charge in [-0.2, -0.15) is 0 Å². The van der Waals surface area contributed by atoms with E-state index in [1.165, 1.54) is 0 Å². The van der Waals surface area contributed by atoms with E-state index in [-0.39, 0.29) is 0 Å². The second-order valence-electron chi connectivity index (χ2n) is 2.15. The minimum Gasteiger partial charge on any atom is -0.285 e. The fraction of sp³-hybridized carbons (Fsp3) is 0.143. The lowest BCUT2D eigenvalue weighted by Crippen LogP contribution is -2.18. The molecule has 0 amide bonds. The van der Waals surface area contributed by atoms with Gasteiger partial charge in [-0.05, 0) is 44.9 Å². The number of halogens is 2. The quantitative estimate of drug-likeness (QED) is 0.503. The minimum absolute atomic E-state index is 0.299. The van der Waals surface area contributed by atoms with Crippen LogP contribution < -0.4 is 0 Å². The number of Topliss-reactive ketones (excluding diaryl/α,β-unsaturated/α-hetero) is 2. The Morgan fingerprint density at radius 1 is 1.18 bits per heavy atom. The average Bonchev–Trinajstić information content (AvgIpc) is 1.97. The van der Waals surface area contributed by atoms with Gasteiger partial charge in [-0.1, -0.05) is 0 Å². The Balaban J connectivity index is 3.22. The maximum atomic E-state index is 11.0. The highest BCUT2D eigenvalue weighted by Crippen LogP contribution is 2.26. The molecule has 0 aromatic rings. The first kappa shape index (κ1) is 8.87. The highest BCUT2D eigenvalue weighted by atomic mass is 79.9. The standard InChI is InChI=1S/C7H4Br2O2/c1-3-2-4(8)5(9)7(11)6(3)10/h2H,1H3. The number of carbonyl (C=O) groups excluding carboxylic acids is 2. The van der Waals surface area contributed by atoms with Crippen LogP contribution in [0.2, 0.25) is 0 Å². The summed E-state index contributed by atoms with van der Waals surface area (Å²) in [5.74, 6) is -0.933. The Morgan fingerprint density at radius 2 is 1.73 bits per heavy atom. The molecule has 0 saturated heterocycles. The minimum atomic E-state index is -0.489. The van der Waals surface area contributed by atoms with Crippen LogP contribution in [-0.4, -0.2) is 11.6 Å². The van der Waals surface area contributed by atoms with E-state index < -0.39 is 11.6 Å². The van der Waals surface area contributed by atoms with Crippen LogP contribution in [0, 0.1) is 0 Å². The maximum absolute atomic E-state index is 11.0. The average molecular weight is 280 g/mol. The van der Waals surface area contributed by atoms with Crippen molar-refractivity contribution in [2.24, 2.45) is 0 Å². The highest BCUT2D eigenvalue weighted by Gasteiger charge is 2.24. The molecule has 0 aliphatic heterocycles. The fourth-order valence-electron chi connectivity index (χ4n) is 0.706. The number of hydrogen-bond acceptors (Lipinski definition) is 2. The molecule has 1 aliphatic rings. The van der Waals surface area contributed by atoms with Crippen molar-refractivity contribution in [3.05, 3.63) is 20.6 Å².